The van der Waals surface area contributed by atoms with Crippen LogP contribution in [0.25, 0.3) is 0 Å². The molecule has 1 atom stereocenters. The number of hydrogen-bond acceptors (Lipinski definition) is 5. The van der Waals surface area contributed by atoms with Crippen LogP contribution in [0.2, 0.25) is 0 Å². The van der Waals surface area contributed by atoms with Gasteiger partial charge in [-0.05, 0) is 12.0 Å². The molecule has 92 valence electrons. The molecule has 1 aromatic rings. The summed E-state index contributed by atoms with van der Waals surface area (Å²) < 4.78 is 0. The molecule has 0 aromatic carbocycles. The van der Waals surface area contributed by atoms with Crippen molar-refractivity contribution in [3.63, 3.8) is 0 Å². The van der Waals surface area contributed by atoms with E-state index in [0.29, 0.717) is 5.16 Å². The maximum absolute atomic E-state index is 11.7. The van der Waals surface area contributed by atoms with E-state index in [4.69, 9.17) is 5.73 Å². The fraction of sp³-hybridized carbons (Fsp3) is 0.400. The molecule has 0 aliphatic rings. The lowest BCUT2D eigenvalue weighted by atomic mass is 10.1. The average molecular weight is 254 g/mol. The zero-order valence-corrected chi connectivity index (χ0v) is 10.4. The predicted octanol–water partition coefficient (Wildman–Crippen LogP) is 0.788. The van der Waals surface area contributed by atoms with Gasteiger partial charge in [0.05, 0.1) is 5.25 Å². The fourth-order valence-electron chi connectivity index (χ4n) is 1.14. The summed E-state index contributed by atoms with van der Waals surface area (Å²) in [5, 5.41) is 2.11. The van der Waals surface area contributed by atoms with Gasteiger partial charge in [0.15, 0.2) is 5.16 Å². The number of nitrogens with one attached hydrogen (secondary N) is 1. The number of imide groups is 1. The molecular formula is C10H14N4O2S. The number of nitrogens with zero attached hydrogens (tertiary/aromatic N) is 2. The van der Waals surface area contributed by atoms with E-state index in [1.165, 1.54) is 11.8 Å². The van der Waals surface area contributed by atoms with Crippen molar-refractivity contribution in [2.24, 2.45) is 11.7 Å². The molecule has 0 aliphatic heterocycles. The minimum Gasteiger partial charge on any atom is -0.351 e. The SMILES string of the molecule is CC(C)[C@H](Sc1ncccn1)C(=O)NC(N)=O. The number of thioether (sulfide) groups is 1. The summed E-state index contributed by atoms with van der Waals surface area (Å²) in [5.41, 5.74) is 4.91. The standard InChI is InChI=1S/C10H14N4O2S/c1-6(2)7(8(15)14-9(11)16)17-10-12-4-3-5-13-10/h3-7H,1-2H3,(H3,11,14,15,16)/t7-/m0/s1. The van der Waals surface area contributed by atoms with Crippen LogP contribution >= 0.6 is 11.8 Å². The summed E-state index contributed by atoms with van der Waals surface area (Å²) in [6.45, 7) is 3.75. The van der Waals surface area contributed by atoms with Gasteiger partial charge >= 0.3 is 6.03 Å². The third-order valence-electron chi connectivity index (χ3n) is 1.88. The molecule has 0 fully saturated rings. The Balaban J connectivity index is 2.73. The number of carbonyl (C=O) groups is 2. The van der Waals surface area contributed by atoms with E-state index in [1.807, 2.05) is 13.8 Å². The highest BCUT2D eigenvalue weighted by Gasteiger charge is 2.25. The van der Waals surface area contributed by atoms with Crippen LogP contribution in [0.15, 0.2) is 23.6 Å². The highest BCUT2D eigenvalue weighted by Crippen LogP contribution is 2.24. The lowest BCUT2D eigenvalue weighted by Crippen LogP contribution is -2.42. The number of primary amides is 1. The molecule has 0 aliphatic carbocycles. The topological polar surface area (TPSA) is 98.0 Å². The van der Waals surface area contributed by atoms with E-state index in [2.05, 4.69) is 15.3 Å². The summed E-state index contributed by atoms with van der Waals surface area (Å²) >= 11 is 1.20. The lowest BCUT2D eigenvalue weighted by Gasteiger charge is -2.17. The van der Waals surface area contributed by atoms with Gasteiger partial charge < -0.3 is 5.73 Å². The first-order valence-electron chi connectivity index (χ1n) is 5.04. The number of rotatable bonds is 4. The molecular weight excluding hydrogens is 240 g/mol. The van der Waals surface area contributed by atoms with Gasteiger partial charge in [0, 0.05) is 12.4 Å². The van der Waals surface area contributed by atoms with Gasteiger partial charge in [-0.1, -0.05) is 25.6 Å². The number of nitrogens with two attached hydrogens (primary N) is 1. The van der Waals surface area contributed by atoms with Crippen molar-refractivity contribution in [2.45, 2.75) is 24.3 Å². The molecule has 17 heavy (non-hydrogen) atoms. The van der Waals surface area contributed by atoms with Crippen molar-refractivity contribution in [1.82, 2.24) is 15.3 Å². The molecule has 0 saturated carbocycles. The first-order chi connectivity index (χ1) is 8.00. The minimum atomic E-state index is -0.852. The van der Waals surface area contributed by atoms with Crippen LogP contribution in [0.5, 0.6) is 0 Å². The van der Waals surface area contributed by atoms with E-state index in [9.17, 15) is 9.59 Å². The second-order valence-corrected chi connectivity index (χ2v) is 4.78. The van der Waals surface area contributed by atoms with E-state index < -0.39 is 17.2 Å². The maximum atomic E-state index is 11.7. The molecule has 3 amide bonds. The van der Waals surface area contributed by atoms with Gasteiger partial charge in [0.2, 0.25) is 5.91 Å². The molecule has 6 nitrogen and oxygen atoms in total. The highest BCUT2D eigenvalue weighted by atomic mass is 32.2. The molecule has 0 bridgehead atoms. The number of hydrogen-bond donors (Lipinski definition) is 2. The number of amides is 3. The summed E-state index contributed by atoms with van der Waals surface area (Å²) in [6.07, 6.45) is 3.19. The normalized spacial score (nSPS) is 12.2. The molecule has 0 unspecified atom stereocenters. The van der Waals surface area contributed by atoms with Gasteiger partial charge in [-0.25, -0.2) is 14.8 Å². The molecule has 3 N–H and O–H groups in total. The van der Waals surface area contributed by atoms with Gasteiger partial charge in [0.25, 0.3) is 0 Å². The minimum absolute atomic E-state index is 0.0307. The molecule has 7 heteroatoms. The van der Waals surface area contributed by atoms with Gasteiger partial charge in [-0.2, -0.15) is 0 Å². The summed E-state index contributed by atoms with van der Waals surface area (Å²) in [4.78, 5) is 30.4. The second kappa shape index (κ2) is 6.19. The van der Waals surface area contributed by atoms with E-state index >= 15 is 0 Å². The molecule has 1 heterocycles. The smallest absolute Gasteiger partial charge is 0.318 e. The largest absolute Gasteiger partial charge is 0.351 e. The van der Waals surface area contributed by atoms with Crippen LogP contribution in [0.1, 0.15) is 13.8 Å². The van der Waals surface area contributed by atoms with Crippen molar-refractivity contribution in [3.05, 3.63) is 18.5 Å². The van der Waals surface area contributed by atoms with Crippen LogP contribution in [-0.4, -0.2) is 27.2 Å². The summed E-state index contributed by atoms with van der Waals surface area (Å²) in [7, 11) is 0. The van der Waals surface area contributed by atoms with Crippen molar-refractivity contribution in [1.29, 1.82) is 0 Å². The Hall–Kier alpha value is -1.63. The molecule has 0 saturated heterocycles. The van der Waals surface area contributed by atoms with E-state index in [0.717, 1.165) is 0 Å². The van der Waals surface area contributed by atoms with Crippen LogP contribution in [0, 0.1) is 5.92 Å². The van der Waals surface area contributed by atoms with Crippen LogP contribution in [0.3, 0.4) is 0 Å². The summed E-state index contributed by atoms with van der Waals surface area (Å²) in [5.74, 6) is -0.395. The monoisotopic (exact) mass is 254 g/mol. The number of carbonyl (C=O) groups excluding carboxylic acids is 2. The third kappa shape index (κ3) is 4.39. The molecule has 0 spiro atoms. The molecule has 1 aromatic heterocycles. The van der Waals surface area contributed by atoms with Crippen LogP contribution in [0.4, 0.5) is 4.79 Å². The Kier molecular flexibility index (Phi) is 4.89. The Morgan fingerprint density at radius 3 is 2.41 bits per heavy atom. The van der Waals surface area contributed by atoms with Gasteiger partial charge in [-0.3, -0.25) is 10.1 Å². The van der Waals surface area contributed by atoms with Crippen LogP contribution < -0.4 is 11.1 Å². The Bertz CT molecular complexity index is 397. The van der Waals surface area contributed by atoms with Gasteiger partial charge in [-0.15, -0.1) is 0 Å². The number of aromatic nitrogens is 2. The second-order valence-electron chi connectivity index (χ2n) is 3.67. The third-order valence-corrected chi connectivity index (χ3v) is 3.32. The Morgan fingerprint density at radius 2 is 1.94 bits per heavy atom. The van der Waals surface area contributed by atoms with Crippen molar-refractivity contribution in [3.8, 4) is 0 Å². The maximum Gasteiger partial charge on any atom is 0.318 e. The highest BCUT2D eigenvalue weighted by molar-refractivity contribution is 8.00. The van der Waals surface area contributed by atoms with Crippen molar-refractivity contribution >= 4 is 23.7 Å². The van der Waals surface area contributed by atoms with E-state index in [-0.39, 0.29) is 5.92 Å². The first-order valence-corrected chi connectivity index (χ1v) is 5.92. The van der Waals surface area contributed by atoms with Gasteiger partial charge in [0.1, 0.15) is 0 Å². The quantitative estimate of drug-likeness (QED) is 0.611. The fourth-order valence-corrected chi connectivity index (χ4v) is 2.05. The zero-order valence-electron chi connectivity index (χ0n) is 9.58. The van der Waals surface area contributed by atoms with Crippen LogP contribution in [-0.2, 0) is 4.79 Å². The molecule has 0 radical (unpaired) electrons. The first kappa shape index (κ1) is 13.4. The van der Waals surface area contributed by atoms with Crippen molar-refractivity contribution in [2.75, 3.05) is 0 Å². The Labute approximate surface area is 103 Å². The van der Waals surface area contributed by atoms with E-state index in [1.54, 1.807) is 18.5 Å². The van der Waals surface area contributed by atoms with Crippen molar-refractivity contribution < 1.29 is 9.59 Å². The zero-order chi connectivity index (χ0) is 12.8. The number of urea groups is 1. The average Bonchev–Trinajstić information content (AvgIpc) is 2.25. The summed E-state index contributed by atoms with van der Waals surface area (Å²) in [6, 6.07) is 0.841. The molecule has 1 rings (SSSR count). The predicted molar refractivity (Wildman–Crippen MR) is 64.2 cm³/mol. The Morgan fingerprint density at radius 1 is 1.35 bits per heavy atom. The lowest BCUT2D eigenvalue weighted by molar-refractivity contribution is -0.120.